The third-order valence-electron chi connectivity index (χ3n) is 3.33. The number of aromatic nitrogens is 1. The van der Waals surface area contributed by atoms with Crippen molar-refractivity contribution in [2.45, 2.75) is 26.7 Å². The van der Waals surface area contributed by atoms with Gasteiger partial charge in [-0.25, -0.2) is 4.98 Å². The maximum atomic E-state index is 10.7. The van der Waals surface area contributed by atoms with E-state index in [2.05, 4.69) is 18.8 Å². The van der Waals surface area contributed by atoms with Gasteiger partial charge in [0.2, 0.25) is 0 Å². The molecule has 1 aliphatic carbocycles. The highest BCUT2D eigenvalue weighted by Crippen LogP contribution is 2.30. The molecule has 80 valence electrons. The van der Waals surface area contributed by atoms with Crippen molar-refractivity contribution in [2.24, 2.45) is 11.8 Å². The molecule has 1 heterocycles. The molecule has 1 aromatic heterocycles. The van der Waals surface area contributed by atoms with E-state index in [9.17, 15) is 4.79 Å². The highest BCUT2D eigenvalue weighted by atomic mass is 35.5. The first-order chi connectivity index (χ1) is 7.11. The Labute approximate surface area is 94.7 Å². The fourth-order valence-electron chi connectivity index (χ4n) is 2.08. The van der Waals surface area contributed by atoms with Crippen molar-refractivity contribution in [3.05, 3.63) is 28.0 Å². The highest BCUT2D eigenvalue weighted by molar-refractivity contribution is 6.31. The van der Waals surface area contributed by atoms with E-state index in [4.69, 9.17) is 11.6 Å². The van der Waals surface area contributed by atoms with Gasteiger partial charge in [-0.15, -0.1) is 0 Å². The van der Waals surface area contributed by atoms with E-state index in [0.717, 1.165) is 24.8 Å². The van der Waals surface area contributed by atoms with Crippen molar-refractivity contribution in [2.75, 3.05) is 0 Å². The van der Waals surface area contributed by atoms with Crippen molar-refractivity contribution in [3.63, 3.8) is 0 Å². The first kappa shape index (κ1) is 10.6. The molecule has 0 N–H and O–H groups in total. The maximum absolute atomic E-state index is 10.7. The predicted molar refractivity (Wildman–Crippen MR) is 60.4 cm³/mol. The van der Waals surface area contributed by atoms with Crippen molar-refractivity contribution < 1.29 is 4.79 Å². The number of fused-ring (bicyclic) bond motifs is 1. The minimum atomic E-state index is 0.338. The van der Waals surface area contributed by atoms with Gasteiger partial charge in [0.15, 0.2) is 6.29 Å². The Morgan fingerprint density at radius 3 is 2.73 bits per heavy atom. The van der Waals surface area contributed by atoms with Crippen LogP contribution in [0.15, 0.2) is 6.07 Å². The van der Waals surface area contributed by atoms with Gasteiger partial charge in [-0.05, 0) is 36.3 Å². The summed E-state index contributed by atoms with van der Waals surface area (Å²) in [4.78, 5) is 15.0. The van der Waals surface area contributed by atoms with E-state index in [1.165, 1.54) is 5.56 Å². The van der Waals surface area contributed by atoms with E-state index in [1.807, 2.05) is 6.07 Å². The summed E-state index contributed by atoms with van der Waals surface area (Å²) in [6.45, 7) is 4.47. The zero-order chi connectivity index (χ0) is 11.0. The summed E-state index contributed by atoms with van der Waals surface area (Å²) in [6.07, 6.45) is 2.75. The Kier molecular flexibility index (Phi) is 2.79. The summed E-state index contributed by atoms with van der Waals surface area (Å²) in [6, 6.07) is 1.89. The molecule has 2 rings (SSSR count). The Hall–Kier alpha value is -0.890. The van der Waals surface area contributed by atoms with E-state index >= 15 is 0 Å². The van der Waals surface area contributed by atoms with Gasteiger partial charge in [0.05, 0.1) is 5.56 Å². The number of carbonyl (C=O) groups excluding carboxylic acids is 1. The van der Waals surface area contributed by atoms with Crippen LogP contribution in [0.4, 0.5) is 0 Å². The fraction of sp³-hybridized carbons (Fsp3) is 0.500. The normalized spacial score (nSPS) is 24.7. The van der Waals surface area contributed by atoms with Gasteiger partial charge in [-0.1, -0.05) is 25.4 Å². The molecule has 1 aliphatic rings. The molecule has 1 aromatic rings. The van der Waals surface area contributed by atoms with Gasteiger partial charge in [0, 0.05) is 5.69 Å². The number of carbonyl (C=O) groups is 1. The van der Waals surface area contributed by atoms with E-state index < -0.39 is 0 Å². The molecule has 0 saturated heterocycles. The summed E-state index contributed by atoms with van der Waals surface area (Å²) >= 11 is 5.90. The molecule has 2 atom stereocenters. The third-order valence-corrected chi connectivity index (χ3v) is 3.63. The molecular weight excluding hydrogens is 210 g/mol. The predicted octanol–water partition coefficient (Wildman–Crippen LogP) is 2.92. The summed E-state index contributed by atoms with van der Waals surface area (Å²) in [5.41, 5.74) is 2.76. The zero-order valence-electron chi connectivity index (χ0n) is 8.96. The standard InChI is InChI=1S/C12H14ClNO/c1-7-3-9-5-10(6-15)12(13)14-11(9)4-8(7)2/h5-8H,3-4H2,1-2H3. The lowest BCUT2D eigenvalue weighted by Crippen LogP contribution is -2.22. The molecule has 0 amide bonds. The average Bonchev–Trinajstić information content (AvgIpc) is 2.20. The van der Waals surface area contributed by atoms with Gasteiger partial charge in [-0.2, -0.15) is 0 Å². The van der Waals surface area contributed by atoms with Gasteiger partial charge in [0.1, 0.15) is 5.15 Å². The Balaban J connectivity index is 2.45. The summed E-state index contributed by atoms with van der Waals surface area (Å²) in [5.74, 6) is 1.29. The number of pyridine rings is 1. The van der Waals surface area contributed by atoms with Crippen LogP contribution in [0.3, 0.4) is 0 Å². The first-order valence-electron chi connectivity index (χ1n) is 5.25. The second-order valence-electron chi connectivity index (χ2n) is 4.45. The molecule has 0 aliphatic heterocycles. The van der Waals surface area contributed by atoms with Crippen molar-refractivity contribution in [1.82, 2.24) is 4.98 Å². The minimum absolute atomic E-state index is 0.338. The SMILES string of the molecule is CC1Cc2cc(C=O)c(Cl)nc2CC1C. The number of halogens is 1. The number of hydrogen-bond acceptors (Lipinski definition) is 2. The number of nitrogens with zero attached hydrogens (tertiary/aromatic N) is 1. The molecule has 3 heteroatoms. The van der Waals surface area contributed by atoms with Gasteiger partial charge in [0.25, 0.3) is 0 Å². The van der Waals surface area contributed by atoms with Gasteiger partial charge < -0.3 is 0 Å². The average molecular weight is 224 g/mol. The molecule has 0 spiro atoms. The molecule has 2 unspecified atom stereocenters. The van der Waals surface area contributed by atoms with Gasteiger partial charge in [-0.3, -0.25) is 4.79 Å². The zero-order valence-corrected chi connectivity index (χ0v) is 9.71. The molecule has 0 aromatic carbocycles. The molecular formula is C12H14ClNO. The van der Waals surface area contributed by atoms with E-state index in [-0.39, 0.29) is 0 Å². The second kappa shape index (κ2) is 3.93. The van der Waals surface area contributed by atoms with Crippen LogP contribution < -0.4 is 0 Å². The van der Waals surface area contributed by atoms with Crippen LogP contribution in [-0.2, 0) is 12.8 Å². The fourth-order valence-corrected chi connectivity index (χ4v) is 2.28. The highest BCUT2D eigenvalue weighted by Gasteiger charge is 2.23. The number of aldehydes is 1. The van der Waals surface area contributed by atoms with Crippen LogP contribution >= 0.6 is 11.6 Å². The Morgan fingerprint density at radius 1 is 1.40 bits per heavy atom. The Morgan fingerprint density at radius 2 is 2.07 bits per heavy atom. The molecule has 0 fully saturated rings. The summed E-state index contributed by atoms with van der Waals surface area (Å²) in [5, 5.41) is 0.338. The smallest absolute Gasteiger partial charge is 0.153 e. The lowest BCUT2D eigenvalue weighted by Gasteiger charge is -2.27. The number of rotatable bonds is 1. The summed E-state index contributed by atoms with van der Waals surface area (Å²) in [7, 11) is 0. The minimum Gasteiger partial charge on any atom is -0.298 e. The van der Waals surface area contributed by atoms with Gasteiger partial charge >= 0.3 is 0 Å². The third kappa shape index (κ3) is 1.91. The largest absolute Gasteiger partial charge is 0.298 e. The topological polar surface area (TPSA) is 30.0 Å². The van der Waals surface area contributed by atoms with Crippen LogP contribution in [0, 0.1) is 11.8 Å². The van der Waals surface area contributed by atoms with Crippen LogP contribution in [0.1, 0.15) is 35.5 Å². The molecule has 15 heavy (non-hydrogen) atoms. The first-order valence-corrected chi connectivity index (χ1v) is 5.63. The van der Waals surface area contributed by atoms with Crippen molar-refractivity contribution in [3.8, 4) is 0 Å². The lowest BCUT2D eigenvalue weighted by atomic mass is 9.80. The summed E-state index contributed by atoms with van der Waals surface area (Å²) < 4.78 is 0. The lowest BCUT2D eigenvalue weighted by molar-refractivity contribution is 0.112. The second-order valence-corrected chi connectivity index (χ2v) is 4.81. The quantitative estimate of drug-likeness (QED) is 0.541. The Bertz CT molecular complexity index is 403. The maximum Gasteiger partial charge on any atom is 0.153 e. The van der Waals surface area contributed by atoms with Crippen LogP contribution in [0.25, 0.3) is 0 Å². The van der Waals surface area contributed by atoms with Crippen LogP contribution in [0.2, 0.25) is 5.15 Å². The van der Waals surface area contributed by atoms with E-state index in [0.29, 0.717) is 22.6 Å². The molecule has 0 saturated carbocycles. The molecule has 0 radical (unpaired) electrons. The van der Waals surface area contributed by atoms with E-state index in [1.54, 1.807) is 0 Å². The van der Waals surface area contributed by atoms with Crippen LogP contribution in [-0.4, -0.2) is 11.3 Å². The number of hydrogen-bond donors (Lipinski definition) is 0. The van der Waals surface area contributed by atoms with Crippen LogP contribution in [0.5, 0.6) is 0 Å². The molecule has 2 nitrogen and oxygen atoms in total. The van der Waals surface area contributed by atoms with Crippen molar-refractivity contribution >= 4 is 17.9 Å². The van der Waals surface area contributed by atoms with Crippen molar-refractivity contribution in [1.29, 1.82) is 0 Å². The molecule has 0 bridgehead atoms. The monoisotopic (exact) mass is 223 g/mol.